The van der Waals surface area contributed by atoms with E-state index in [0.29, 0.717) is 25.3 Å². The zero-order valence-electron chi connectivity index (χ0n) is 18.8. The molecule has 3 aromatic rings. The Balaban J connectivity index is 1.46. The Hall–Kier alpha value is -3.06. The highest BCUT2D eigenvalue weighted by atomic mass is 32.2. The number of benzene rings is 3. The number of ether oxygens (including phenoxy) is 1. The van der Waals surface area contributed by atoms with E-state index in [2.05, 4.69) is 5.32 Å². The number of amides is 1. The summed E-state index contributed by atoms with van der Waals surface area (Å²) in [5.74, 6) is 0.662. The van der Waals surface area contributed by atoms with E-state index < -0.39 is 10.0 Å². The van der Waals surface area contributed by atoms with E-state index in [1.54, 1.807) is 0 Å². The van der Waals surface area contributed by atoms with Crippen molar-refractivity contribution in [3.63, 3.8) is 0 Å². The summed E-state index contributed by atoms with van der Waals surface area (Å²) in [5.41, 5.74) is 2.63. The fourth-order valence-corrected chi connectivity index (χ4v) is 4.67. The molecule has 1 amide bonds. The van der Waals surface area contributed by atoms with Crippen LogP contribution in [0.15, 0.2) is 60.7 Å². The largest absolute Gasteiger partial charge is 0.491 e. The van der Waals surface area contributed by atoms with Crippen molar-refractivity contribution in [2.45, 2.75) is 26.7 Å². The molecule has 3 rings (SSSR count). The standard InChI is InChI=1S/C25H30N2O4S/c1-19-16-20(2)18-22(17-19)27(32(3,29)30)14-7-12-25(28)26-13-15-31-24-11-6-9-21-8-4-5-10-23(21)24/h4-6,8-11,16-18H,7,12-15H2,1-3H3,(H,26,28). The van der Waals surface area contributed by atoms with E-state index in [0.717, 1.165) is 27.6 Å². The van der Waals surface area contributed by atoms with E-state index in [-0.39, 0.29) is 18.9 Å². The summed E-state index contributed by atoms with van der Waals surface area (Å²) in [6.07, 6.45) is 1.86. The van der Waals surface area contributed by atoms with Gasteiger partial charge in [-0.05, 0) is 55.0 Å². The monoisotopic (exact) mass is 454 g/mol. The minimum absolute atomic E-state index is 0.125. The fourth-order valence-electron chi connectivity index (χ4n) is 3.73. The molecule has 0 aliphatic heterocycles. The lowest BCUT2D eigenvalue weighted by Gasteiger charge is -2.23. The van der Waals surface area contributed by atoms with Crippen LogP contribution in [0.1, 0.15) is 24.0 Å². The topological polar surface area (TPSA) is 75.7 Å². The highest BCUT2D eigenvalue weighted by molar-refractivity contribution is 7.92. The second kappa shape index (κ2) is 10.5. The van der Waals surface area contributed by atoms with Crippen molar-refractivity contribution < 1.29 is 17.9 Å². The SMILES string of the molecule is Cc1cc(C)cc(N(CCCC(=O)NCCOc2cccc3ccccc23)S(C)(=O)=O)c1. The summed E-state index contributed by atoms with van der Waals surface area (Å²) in [6.45, 7) is 4.86. The molecule has 0 spiro atoms. The molecule has 1 N–H and O–H groups in total. The number of hydrogen-bond donors (Lipinski definition) is 1. The van der Waals surface area contributed by atoms with Crippen LogP contribution in [0.4, 0.5) is 5.69 Å². The number of nitrogens with one attached hydrogen (secondary N) is 1. The van der Waals surface area contributed by atoms with Crippen molar-refractivity contribution in [3.8, 4) is 5.75 Å². The Bertz CT molecular complexity index is 1170. The third-order valence-electron chi connectivity index (χ3n) is 5.09. The normalized spacial score (nSPS) is 11.3. The van der Waals surface area contributed by atoms with Crippen LogP contribution in [0.5, 0.6) is 5.75 Å². The average Bonchev–Trinajstić information content (AvgIpc) is 2.72. The Morgan fingerprint density at radius 1 is 1.00 bits per heavy atom. The summed E-state index contributed by atoms with van der Waals surface area (Å²) >= 11 is 0. The molecule has 0 heterocycles. The smallest absolute Gasteiger partial charge is 0.232 e. The van der Waals surface area contributed by atoms with Gasteiger partial charge in [0.1, 0.15) is 12.4 Å². The zero-order valence-corrected chi connectivity index (χ0v) is 19.6. The highest BCUT2D eigenvalue weighted by Gasteiger charge is 2.18. The van der Waals surface area contributed by atoms with Gasteiger partial charge in [-0.1, -0.05) is 42.5 Å². The predicted molar refractivity (Wildman–Crippen MR) is 130 cm³/mol. The molecule has 0 fully saturated rings. The fraction of sp³-hybridized carbons (Fsp3) is 0.320. The molecule has 0 aromatic heterocycles. The molecule has 0 saturated heterocycles. The van der Waals surface area contributed by atoms with Crippen molar-refractivity contribution in [2.75, 3.05) is 30.3 Å². The average molecular weight is 455 g/mol. The lowest BCUT2D eigenvalue weighted by atomic mass is 10.1. The number of hydrogen-bond acceptors (Lipinski definition) is 4. The molecule has 0 aliphatic carbocycles. The third-order valence-corrected chi connectivity index (χ3v) is 6.29. The molecule has 3 aromatic carbocycles. The van der Waals surface area contributed by atoms with Gasteiger partial charge in [0, 0.05) is 18.4 Å². The van der Waals surface area contributed by atoms with Crippen molar-refractivity contribution >= 4 is 32.4 Å². The molecule has 32 heavy (non-hydrogen) atoms. The first-order chi connectivity index (χ1) is 15.2. The maximum Gasteiger partial charge on any atom is 0.232 e. The molecular formula is C25H30N2O4S. The van der Waals surface area contributed by atoms with Gasteiger partial charge in [-0.3, -0.25) is 9.10 Å². The van der Waals surface area contributed by atoms with E-state index >= 15 is 0 Å². The van der Waals surface area contributed by atoms with Gasteiger partial charge in [-0.2, -0.15) is 0 Å². The molecule has 0 bridgehead atoms. The van der Waals surface area contributed by atoms with Crippen molar-refractivity contribution in [3.05, 3.63) is 71.8 Å². The van der Waals surface area contributed by atoms with Crippen molar-refractivity contribution in [2.24, 2.45) is 0 Å². The zero-order chi connectivity index (χ0) is 23.1. The van der Waals surface area contributed by atoms with Crippen LogP contribution < -0.4 is 14.4 Å². The van der Waals surface area contributed by atoms with Gasteiger partial charge in [0.25, 0.3) is 0 Å². The number of anilines is 1. The molecule has 7 heteroatoms. The molecule has 0 radical (unpaired) electrons. The Morgan fingerprint density at radius 3 is 2.41 bits per heavy atom. The predicted octanol–water partition coefficient (Wildman–Crippen LogP) is 4.20. The summed E-state index contributed by atoms with van der Waals surface area (Å²) in [7, 11) is -3.44. The third kappa shape index (κ3) is 6.47. The maximum absolute atomic E-state index is 12.3. The van der Waals surface area contributed by atoms with Crippen LogP contribution in [-0.2, 0) is 14.8 Å². The van der Waals surface area contributed by atoms with E-state index in [1.807, 2.05) is 74.5 Å². The van der Waals surface area contributed by atoms with E-state index in [1.165, 1.54) is 10.6 Å². The van der Waals surface area contributed by atoms with Gasteiger partial charge in [-0.15, -0.1) is 0 Å². The number of nitrogens with zero attached hydrogens (tertiary/aromatic N) is 1. The second-order valence-corrected chi connectivity index (χ2v) is 9.87. The van der Waals surface area contributed by atoms with Crippen LogP contribution >= 0.6 is 0 Å². The molecule has 0 unspecified atom stereocenters. The van der Waals surface area contributed by atoms with Crippen LogP contribution in [0.25, 0.3) is 10.8 Å². The Morgan fingerprint density at radius 2 is 1.69 bits per heavy atom. The van der Waals surface area contributed by atoms with Crippen LogP contribution in [-0.4, -0.2) is 40.3 Å². The number of carbonyl (C=O) groups is 1. The van der Waals surface area contributed by atoms with E-state index in [9.17, 15) is 13.2 Å². The minimum atomic E-state index is -3.44. The molecule has 6 nitrogen and oxygen atoms in total. The first kappa shape index (κ1) is 23.6. The summed E-state index contributed by atoms with van der Waals surface area (Å²) < 4.78 is 31.8. The van der Waals surface area contributed by atoms with Gasteiger partial charge in [0.05, 0.1) is 18.5 Å². The van der Waals surface area contributed by atoms with Crippen LogP contribution in [0.2, 0.25) is 0 Å². The summed E-state index contributed by atoms with van der Waals surface area (Å²) in [5, 5.41) is 4.98. The maximum atomic E-state index is 12.3. The second-order valence-electron chi connectivity index (χ2n) is 7.96. The number of aryl methyl sites for hydroxylation is 2. The number of sulfonamides is 1. The molecule has 170 valence electrons. The molecule has 0 aliphatic rings. The van der Waals surface area contributed by atoms with Crippen LogP contribution in [0, 0.1) is 13.8 Å². The minimum Gasteiger partial charge on any atom is -0.491 e. The highest BCUT2D eigenvalue weighted by Crippen LogP contribution is 2.25. The van der Waals surface area contributed by atoms with Crippen LogP contribution in [0.3, 0.4) is 0 Å². The lowest BCUT2D eigenvalue weighted by molar-refractivity contribution is -0.121. The van der Waals surface area contributed by atoms with Gasteiger partial charge < -0.3 is 10.1 Å². The number of rotatable bonds is 10. The van der Waals surface area contributed by atoms with Gasteiger partial charge in [0.2, 0.25) is 15.9 Å². The molecule has 0 atom stereocenters. The Kier molecular flexibility index (Phi) is 7.75. The summed E-state index contributed by atoms with van der Waals surface area (Å²) in [4.78, 5) is 12.2. The lowest BCUT2D eigenvalue weighted by Crippen LogP contribution is -2.33. The van der Waals surface area contributed by atoms with Gasteiger partial charge >= 0.3 is 0 Å². The molecule has 0 saturated carbocycles. The summed E-state index contributed by atoms with van der Waals surface area (Å²) in [6, 6.07) is 19.6. The van der Waals surface area contributed by atoms with Gasteiger partial charge in [0.15, 0.2) is 0 Å². The van der Waals surface area contributed by atoms with Gasteiger partial charge in [-0.25, -0.2) is 8.42 Å². The first-order valence-corrected chi connectivity index (χ1v) is 12.5. The molecular weight excluding hydrogens is 424 g/mol. The Labute approximate surface area is 190 Å². The quantitative estimate of drug-likeness (QED) is 0.466. The van der Waals surface area contributed by atoms with Crippen molar-refractivity contribution in [1.82, 2.24) is 5.32 Å². The number of fused-ring (bicyclic) bond motifs is 1. The first-order valence-electron chi connectivity index (χ1n) is 10.7. The number of carbonyl (C=O) groups excluding carboxylic acids is 1. The van der Waals surface area contributed by atoms with E-state index in [4.69, 9.17) is 4.74 Å². The van der Waals surface area contributed by atoms with Crippen molar-refractivity contribution in [1.29, 1.82) is 0 Å².